The molecule has 4 heteroatoms. The maximum absolute atomic E-state index is 12.6. The van der Waals surface area contributed by atoms with Crippen LogP contribution in [0.3, 0.4) is 0 Å². The highest BCUT2D eigenvalue weighted by Crippen LogP contribution is 2.21. The van der Waals surface area contributed by atoms with Crippen LogP contribution in [0.1, 0.15) is 12.5 Å². The summed E-state index contributed by atoms with van der Waals surface area (Å²) in [6.07, 6.45) is 1.75. The molecule has 122 valence electrons. The lowest BCUT2D eigenvalue weighted by molar-refractivity contribution is -0.120. The number of hydrogen-bond acceptors (Lipinski definition) is 3. The van der Waals surface area contributed by atoms with Crippen LogP contribution in [0.5, 0.6) is 0 Å². The van der Waals surface area contributed by atoms with Crippen LogP contribution in [-0.2, 0) is 11.3 Å². The molecule has 0 bridgehead atoms. The first-order valence-corrected chi connectivity index (χ1v) is 8.04. The van der Waals surface area contributed by atoms with Gasteiger partial charge >= 0.3 is 0 Å². The van der Waals surface area contributed by atoms with Gasteiger partial charge in [0.05, 0.1) is 17.2 Å². The molecule has 0 radical (unpaired) electrons. The molecule has 0 aliphatic carbocycles. The van der Waals surface area contributed by atoms with Crippen molar-refractivity contribution in [1.29, 1.82) is 0 Å². The molecule has 0 saturated carbocycles. The quantitative estimate of drug-likeness (QED) is 0.780. The second kappa shape index (κ2) is 7.23. The lowest BCUT2D eigenvalue weighted by atomic mass is 10.1. The number of benzene rings is 2. The van der Waals surface area contributed by atoms with Crippen molar-refractivity contribution >= 4 is 22.5 Å². The Labute approximate surface area is 142 Å². The van der Waals surface area contributed by atoms with Crippen LogP contribution in [0.15, 0.2) is 66.9 Å². The summed E-state index contributed by atoms with van der Waals surface area (Å²) in [6, 6.07) is 19.5. The number of nitrogens with one attached hydrogen (secondary N) is 1. The molecule has 1 amide bonds. The summed E-state index contributed by atoms with van der Waals surface area (Å²) in [5.74, 6) is -0.0233. The molecule has 24 heavy (non-hydrogen) atoms. The Hall–Kier alpha value is -2.72. The summed E-state index contributed by atoms with van der Waals surface area (Å²) in [6.45, 7) is 2.65. The first-order valence-electron chi connectivity index (χ1n) is 8.04. The van der Waals surface area contributed by atoms with Gasteiger partial charge in [-0.1, -0.05) is 36.4 Å². The van der Waals surface area contributed by atoms with Crippen LogP contribution in [0.25, 0.3) is 10.9 Å². The van der Waals surface area contributed by atoms with Gasteiger partial charge in [0.1, 0.15) is 0 Å². The largest absolute Gasteiger partial charge is 0.324 e. The van der Waals surface area contributed by atoms with Crippen molar-refractivity contribution in [2.75, 3.05) is 12.4 Å². The number of fused-ring (bicyclic) bond motifs is 1. The maximum atomic E-state index is 12.6. The number of aromatic nitrogens is 1. The minimum Gasteiger partial charge on any atom is -0.324 e. The molecule has 1 heterocycles. The molecule has 2 aromatic carbocycles. The highest BCUT2D eigenvalue weighted by atomic mass is 16.2. The Morgan fingerprint density at radius 1 is 1.08 bits per heavy atom. The third-order valence-corrected chi connectivity index (χ3v) is 4.22. The summed E-state index contributed by atoms with van der Waals surface area (Å²) in [7, 11) is 1.96. The van der Waals surface area contributed by atoms with Crippen molar-refractivity contribution in [3.8, 4) is 0 Å². The van der Waals surface area contributed by atoms with Gasteiger partial charge in [-0.2, -0.15) is 0 Å². The smallest absolute Gasteiger partial charge is 0.241 e. The van der Waals surface area contributed by atoms with E-state index < -0.39 is 0 Å². The number of carbonyl (C=O) groups is 1. The van der Waals surface area contributed by atoms with E-state index in [-0.39, 0.29) is 11.9 Å². The number of likely N-dealkylation sites (N-methyl/N-ethyl adjacent to an activating group) is 1. The molecular formula is C20H21N3O. The van der Waals surface area contributed by atoms with Crippen molar-refractivity contribution in [2.45, 2.75) is 19.5 Å². The Balaban J connectivity index is 1.71. The Bertz CT molecular complexity index is 827. The zero-order valence-electron chi connectivity index (χ0n) is 13.9. The highest BCUT2D eigenvalue weighted by molar-refractivity contribution is 6.02. The van der Waals surface area contributed by atoms with E-state index in [0.29, 0.717) is 0 Å². The molecule has 1 N–H and O–H groups in total. The predicted octanol–water partition coefficient (Wildman–Crippen LogP) is 3.69. The van der Waals surface area contributed by atoms with Crippen LogP contribution in [0.2, 0.25) is 0 Å². The maximum Gasteiger partial charge on any atom is 0.241 e. The van der Waals surface area contributed by atoms with Gasteiger partial charge < -0.3 is 5.32 Å². The first kappa shape index (κ1) is 16.1. The topological polar surface area (TPSA) is 45.2 Å². The van der Waals surface area contributed by atoms with E-state index in [0.717, 1.165) is 23.1 Å². The van der Waals surface area contributed by atoms with Crippen LogP contribution in [0.4, 0.5) is 5.69 Å². The third-order valence-electron chi connectivity index (χ3n) is 4.22. The van der Waals surface area contributed by atoms with Gasteiger partial charge in [-0.05, 0) is 43.8 Å². The zero-order valence-corrected chi connectivity index (χ0v) is 13.9. The molecule has 1 atom stereocenters. The van der Waals surface area contributed by atoms with Gasteiger partial charge in [-0.25, -0.2) is 0 Å². The van der Waals surface area contributed by atoms with Crippen LogP contribution in [-0.4, -0.2) is 28.9 Å². The minimum absolute atomic E-state index is 0.0233. The Morgan fingerprint density at radius 3 is 2.67 bits per heavy atom. The third kappa shape index (κ3) is 3.60. The summed E-state index contributed by atoms with van der Waals surface area (Å²) >= 11 is 0. The number of anilines is 1. The number of pyridine rings is 1. The van der Waals surface area contributed by atoms with Gasteiger partial charge in [0.25, 0.3) is 0 Å². The Kier molecular flexibility index (Phi) is 4.87. The summed E-state index contributed by atoms with van der Waals surface area (Å²) in [5.41, 5.74) is 2.86. The summed E-state index contributed by atoms with van der Waals surface area (Å²) in [5, 5.41) is 3.98. The number of hydrogen-bond donors (Lipinski definition) is 1. The fraction of sp³-hybridized carbons (Fsp3) is 0.200. The molecule has 0 unspecified atom stereocenters. The van der Waals surface area contributed by atoms with Gasteiger partial charge in [0.15, 0.2) is 0 Å². The molecule has 4 nitrogen and oxygen atoms in total. The van der Waals surface area contributed by atoms with E-state index in [2.05, 4.69) is 22.4 Å². The number of carbonyl (C=O) groups excluding carboxylic acids is 1. The van der Waals surface area contributed by atoms with E-state index in [1.165, 1.54) is 5.56 Å². The second-order valence-corrected chi connectivity index (χ2v) is 5.94. The highest BCUT2D eigenvalue weighted by Gasteiger charge is 2.19. The van der Waals surface area contributed by atoms with Crippen LogP contribution >= 0.6 is 0 Å². The standard InChI is InChI=1S/C20H21N3O/c1-15(23(2)14-16-8-4-3-5-9-16)20(24)22-19-12-6-11-18-17(19)10-7-13-21-18/h3-13,15H,14H2,1-2H3,(H,22,24)/t15-/m0/s1. The normalized spacial score (nSPS) is 12.3. The molecule has 1 aromatic heterocycles. The molecule has 3 aromatic rings. The molecule has 0 aliphatic heterocycles. The van der Waals surface area contributed by atoms with E-state index in [4.69, 9.17) is 0 Å². The van der Waals surface area contributed by atoms with Crippen molar-refractivity contribution < 1.29 is 4.79 Å². The first-order chi connectivity index (χ1) is 11.6. The number of amides is 1. The van der Waals surface area contributed by atoms with E-state index >= 15 is 0 Å². The van der Waals surface area contributed by atoms with Gasteiger partial charge in [0, 0.05) is 18.1 Å². The lowest BCUT2D eigenvalue weighted by Crippen LogP contribution is -2.39. The molecule has 0 aliphatic rings. The minimum atomic E-state index is -0.239. The van der Waals surface area contributed by atoms with Gasteiger partial charge in [-0.3, -0.25) is 14.7 Å². The molecule has 0 spiro atoms. The molecule has 0 fully saturated rings. The predicted molar refractivity (Wildman–Crippen MR) is 97.7 cm³/mol. The fourth-order valence-electron chi connectivity index (χ4n) is 2.66. The summed E-state index contributed by atoms with van der Waals surface area (Å²) < 4.78 is 0. The zero-order chi connectivity index (χ0) is 16.9. The molecule has 3 rings (SSSR count). The molecule has 0 saturated heterocycles. The number of nitrogens with zero attached hydrogens (tertiary/aromatic N) is 2. The lowest BCUT2D eigenvalue weighted by Gasteiger charge is -2.24. The van der Waals surface area contributed by atoms with Crippen molar-refractivity contribution in [3.05, 3.63) is 72.4 Å². The van der Waals surface area contributed by atoms with Crippen LogP contribution < -0.4 is 5.32 Å². The fourth-order valence-corrected chi connectivity index (χ4v) is 2.66. The number of rotatable bonds is 5. The van der Waals surface area contributed by atoms with Crippen LogP contribution in [0, 0.1) is 0 Å². The SMILES string of the molecule is C[C@@H](C(=O)Nc1cccc2ncccc12)N(C)Cc1ccccc1. The Morgan fingerprint density at radius 2 is 1.88 bits per heavy atom. The average molecular weight is 319 g/mol. The van der Waals surface area contributed by atoms with Crippen molar-refractivity contribution in [3.63, 3.8) is 0 Å². The second-order valence-electron chi connectivity index (χ2n) is 5.94. The van der Waals surface area contributed by atoms with E-state index in [9.17, 15) is 4.79 Å². The van der Waals surface area contributed by atoms with Crippen molar-refractivity contribution in [1.82, 2.24) is 9.88 Å². The van der Waals surface area contributed by atoms with Gasteiger partial charge in [0.2, 0.25) is 5.91 Å². The van der Waals surface area contributed by atoms with Gasteiger partial charge in [-0.15, -0.1) is 0 Å². The van der Waals surface area contributed by atoms with E-state index in [1.54, 1.807) is 6.20 Å². The summed E-state index contributed by atoms with van der Waals surface area (Å²) in [4.78, 5) is 19.0. The monoisotopic (exact) mass is 319 g/mol. The van der Waals surface area contributed by atoms with Crippen molar-refractivity contribution in [2.24, 2.45) is 0 Å². The van der Waals surface area contributed by atoms with E-state index in [1.807, 2.05) is 67.4 Å². The molecular weight excluding hydrogens is 298 g/mol. The average Bonchev–Trinajstić information content (AvgIpc) is 2.62.